The highest BCUT2D eigenvalue weighted by Gasteiger charge is 2.32. The van der Waals surface area contributed by atoms with Crippen LogP contribution in [-0.4, -0.2) is 34.0 Å². The largest absolute Gasteiger partial charge is 0.460 e. The lowest BCUT2D eigenvalue weighted by atomic mass is 9.79. The zero-order chi connectivity index (χ0) is 22.5. The van der Waals surface area contributed by atoms with Crippen LogP contribution in [0, 0.1) is 11.8 Å². The van der Waals surface area contributed by atoms with Gasteiger partial charge in [-0.1, -0.05) is 0 Å². The normalized spacial score (nSPS) is 19.7. The Morgan fingerprint density at radius 1 is 0.967 bits per heavy atom. The molecule has 1 amide bonds. The van der Waals surface area contributed by atoms with E-state index in [-0.39, 0.29) is 30.0 Å². The molecule has 0 aromatic carbocycles. The summed E-state index contributed by atoms with van der Waals surface area (Å²) in [6, 6.07) is 3.46. The van der Waals surface area contributed by atoms with E-state index in [0.29, 0.717) is 31.5 Å². The molecule has 1 aromatic rings. The number of anilines is 1. The van der Waals surface area contributed by atoms with Gasteiger partial charge in [0, 0.05) is 18.5 Å². The molecule has 2 rings (SSSR count). The lowest BCUT2D eigenvalue weighted by molar-refractivity contribution is -0.161. The Kier molecular flexibility index (Phi) is 7.61. The Balaban J connectivity index is 1.87. The predicted molar refractivity (Wildman–Crippen MR) is 114 cm³/mol. The van der Waals surface area contributed by atoms with E-state index < -0.39 is 17.3 Å². The fraction of sp³-hybridized carbons (Fsp3) is 0.652. The second-order valence-corrected chi connectivity index (χ2v) is 9.90. The lowest BCUT2D eigenvalue weighted by Gasteiger charge is -2.29. The van der Waals surface area contributed by atoms with Gasteiger partial charge >= 0.3 is 12.1 Å². The second-order valence-electron chi connectivity index (χ2n) is 9.90. The summed E-state index contributed by atoms with van der Waals surface area (Å²) >= 11 is 0. The fourth-order valence-corrected chi connectivity index (χ4v) is 3.44. The van der Waals surface area contributed by atoms with Gasteiger partial charge in [0.15, 0.2) is 0 Å². The number of ketones is 1. The minimum Gasteiger partial charge on any atom is -0.460 e. The topological polar surface area (TPSA) is 94.6 Å². The number of Topliss-reactive ketones (excluding diaryl/α,β-unsaturated/α-hetero) is 1. The van der Waals surface area contributed by atoms with Crippen molar-refractivity contribution in [3.05, 3.63) is 23.9 Å². The summed E-state index contributed by atoms with van der Waals surface area (Å²) in [5.41, 5.74) is -0.304. The molecular weight excluding hydrogens is 384 g/mol. The van der Waals surface area contributed by atoms with E-state index in [4.69, 9.17) is 9.47 Å². The van der Waals surface area contributed by atoms with Crippen molar-refractivity contribution in [1.82, 2.24) is 4.98 Å². The summed E-state index contributed by atoms with van der Waals surface area (Å²) in [4.78, 5) is 41.0. The molecular formula is C23H34N2O5. The summed E-state index contributed by atoms with van der Waals surface area (Å²) in [7, 11) is 0. The van der Waals surface area contributed by atoms with Crippen LogP contribution in [0.2, 0.25) is 0 Å². The van der Waals surface area contributed by atoms with Crippen molar-refractivity contribution in [3.63, 3.8) is 0 Å². The average Bonchev–Trinajstić information content (AvgIpc) is 2.59. The Bertz CT molecular complexity index is 769. The van der Waals surface area contributed by atoms with Crippen molar-refractivity contribution in [3.8, 4) is 0 Å². The van der Waals surface area contributed by atoms with E-state index >= 15 is 0 Å². The fourth-order valence-electron chi connectivity index (χ4n) is 3.44. The van der Waals surface area contributed by atoms with Crippen LogP contribution in [0.5, 0.6) is 0 Å². The molecule has 166 valence electrons. The highest BCUT2D eigenvalue weighted by atomic mass is 16.6. The van der Waals surface area contributed by atoms with Gasteiger partial charge in [-0.15, -0.1) is 0 Å². The quantitative estimate of drug-likeness (QED) is 0.697. The van der Waals surface area contributed by atoms with E-state index in [1.807, 2.05) is 20.8 Å². The SMILES string of the molecule is CC(C)(C)OC(=O)Nc1cc(CC(=O)C2CCC(C(=O)OC(C)(C)C)CC2)ccn1. The third-order valence-corrected chi connectivity index (χ3v) is 4.75. The standard InChI is InChI=1S/C23H34N2O5/c1-22(2,3)29-20(27)17-9-7-16(8-10-17)18(26)13-15-11-12-24-19(14-15)25-21(28)30-23(4,5)6/h11-12,14,16-17H,7-10,13H2,1-6H3,(H,24,25,28). The van der Waals surface area contributed by atoms with Crippen LogP contribution in [0.1, 0.15) is 72.8 Å². The number of aromatic nitrogens is 1. The Labute approximate surface area is 178 Å². The minimum atomic E-state index is -0.601. The molecule has 7 heteroatoms. The monoisotopic (exact) mass is 418 g/mol. The minimum absolute atomic E-state index is 0.0564. The molecule has 1 fully saturated rings. The highest BCUT2D eigenvalue weighted by molar-refractivity contribution is 5.85. The summed E-state index contributed by atoms with van der Waals surface area (Å²) in [6.07, 6.45) is 3.98. The molecule has 0 bridgehead atoms. The molecule has 1 aromatic heterocycles. The number of amides is 1. The van der Waals surface area contributed by atoms with Crippen molar-refractivity contribution < 1.29 is 23.9 Å². The first-order chi connectivity index (χ1) is 13.8. The average molecular weight is 419 g/mol. The van der Waals surface area contributed by atoms with Crippen LogP contribution < -0.4 is 5.32 Å². The van der Waals surface area contributed by atoms with Crippen LogP contribution >= 0.6 is 0 Å². The van der Waals surface area contributed by atoms with Gasteiger partial charge in [0.05, 0.1) is 5.92 Å². The van der Waals surface area contributed by atoms with Gasteiger partial charge < -0.3 is 9.47 Å². The Morgan fingerprint density at radius 2 is 1.53 bits per heavy atom. The van der Waals surface area contributed by atoms with Crippen LogP contribution in [0.4, 0.5) is 10.6 Å². The van der Waals surface area contributed by atoms with E-state index in [0.717, 1.165) is 5.56 Å². The van der Waals surface area contributed by atoms with Gasteiger partial charge in [-0.05, 0) is 84.9 Å². The molecule has 7 nitrogen and oxygen atoms in total. The number of pyridine rings is 1. The number of nitrogens with one attached hydrogen (secondary N) is 1. The molecule has 1 saturated carbocycles. The number of hydrogen-bond donors (Lipinski definition) is 1. The molecule has 1 aliphatic carbocycles. The van der Waals surface area contributed by atoms with Gasteiger partial charge in [-0.25, -0.2) is 9.78 Å². The summed E-state index contributed by atoms with van der Waals surface area (Å²) < 4.78 is 10.7. The third-order valence-electron chi connectivity index (χ3n) is 4.75. The molecule has 1 heterocycles. The van der Waals surface area contributed by atoms with E-state index in [2.05, 4.69) is 10.3 Å². The number of ether oxygens (including phenoxy) is 2. The predicted octanol–water partition coefficient (Wildman–Crippen LogP) is 4.69. The van der Waals surface area contributed by atoms with Crippen molar-refractivity contribution in [2.24, 2.45) is 11.8 Å². The second kappa shape index (κ2) is 9.58. The molecule has 1 N–H and O–H groups in total. The number of rotatable bonds is 5. The summed E-state index contributed by atoms with van der Waals surface area (Å²) in [5.74, 6) is 0.147. The maximum atomic E-state index is 12.7. The van der Waals surface area contributed by atoms with Crippen LogP contribution in [0.15, 0.2) is 18.3 Å². The van der Waals surface area contributed by atoms with E-state index in [1.165, 1.54) is 0 Å². The van der Waals surface area contributed by atoms with Crippen LogP contribution in [0.25, 0.3) is 0 Å². The number of esters is 1. The van der Waals surface area contributed by atoms with Gasteiger partial charge in [-0.2, -0.15) is 0 Å². The number of carbonyl (C=O) groups excluding carboxylic acids is 3. The molecule has 0 atom stereocenters. The number of carbonyl (C=O) groups is 3. The zero-order valence-corrected chi connectivity index (χ0v) is 18.9. The molecule has 1 aliphatic rings. The van der Waals surface area contributed by atoms with Gasteiger partial charge in [-0.3, -0.25) is 14.9 Å². The van der Waals surface area contributed by atoms with Crippen LogP contribution in [0.3, 0.4) is 0 Å². The van der Waals surface area contributed by atoms with E-state index in [1.54, 1.807) is 39.1 Å². The number of hydrogen-bond acceptors (Lipinski definition) is 6. The van der Waals surface area contributed by atoms with Crippen LogP contribution in [-0.2, 0) is 25.5 Å². The summed E-state index contributed by atoms with van der Waals surface area (Å²) in [5, 5.41) is 2.59. The van der Waals surface area contributed by atoms with Crippen molar-refractivity contribution >= 4 is 23.7 Å². The van der Waals surface area contributed by atoms with Gasteiger partial charge in [0.1, 0.15) is 22.8 Å². The van der Waals surface area contributed by atoms with Gasteiger partial charge in [0.25, 0.3) is 0 Å². The molecule has 0 spiro atoms. The molecule has 0 aliphatic heterocycles. The maximum Gasteiger partial charge on any atom is 0.413 e. The lowest BCUT2D eigenvalue weighted by Crippen LogP contribution is -2.32. The van der Waals surface area contributed by atoms with E-state index in [9.17, 15) is 14.4 Å². The Hall–Kier alpha value is -2.44. The molecule has 30 heavy (non-hydrogen) atoms. The highest BCUT2D eigenvalue weighted by Crippen LogP contribution is 2.32. The third kappa shape index (κ3) is 8.13. The first-order valence-corrected chi connectivity index (χ1v) is 10.5. The van der Waals surface area contributed by atoms with Crippen molar-refractivity contribution in [1.29, 1.82) is 0 Å². The maximum absolute atomic E-state index is 12.7. The number of nitrogens with zero attached hydrogens (tertiary/aromatic N) is 1. The summed E-state index contributed by atoms with van der Waals surface area (Å²) in [6.45, 7) is 10.9. The zero-order valence-electron chi connectivity index (χ0n) is 18.9. The Morgan fingerprint density at radius 3 is 2.10 bits per heavy atom. The first-order valence-electron chi connectivity index (χ1n) is 10.5. The first kappa shape index (κ1) is 23.8. The molecule has 0 radical (unpaired) electrons. The van der Waals surface area contributed by atoms with Crippen molar-refractivity contribution in [2.45, 2.75) is 84.8 Å². The van der Waals surface area contributed by atoms with Crippen molar-refractivity contribution in [2.75, 3.05) is 5.32 Å². The molecule has 0 unspecified atom stereocenters. The van der Waals surface area contributed by atoms with Gasteiger partial charge in [0.2, 0.25) is 0 Å². The molecule has 0 saturated heterocycles. The smallest absolute Gasteiger partial charge is 0.413 e.